The van der Waals surface area contributed by atoms with E-state index in [1.54, 1.807) is 6.33 Å². The van der Waals surface area contributed by atoms with E-state index >= 15 is 0 Å². The van der Waals surface area contributed by atoms with Crippen molar-refractivity contribution >= 4 is 0 Å². The first kappa shape index (κ1) is 9.54. The maximum atomic E-state index is 5.57. The molecule has 0 radical (unpaired) electrons. The van der Waals surface area contributed by atoms with E-state index < -0.39 is 0 Å². The predicted octanol–water partition coefficient (Wildman–Crippen LogP) is 1.89. The van der Waals surface area contributed by atoms with Crippen LogP contribution in [0.15, 0.2) is 29.1 Å². The molecule has 0 saturated carbocycles. The lowest BCUT2D eigenvalue weighted by molar-refractivity contribution is 0.248. The van der Waals surface area contributed by atoms with Gasteiger partial charge in [0.05, 0.1) is 12.2 Å². The van der Waals surface area contributed by atoms with Crippen molar-refractivity contribution in [2.24, 2.45) is 0 Å². The molecule has 0 N–H and O–H groups in total. The SMILES string of the molecule is Cc1ccc(CN2Cc3cncnc3C2)o1. The molecule has 0 saturated heterocycles. The topological polar surface area (TPSA) is 42.2 Å². The second-order valence-electron chi connectivity index (χ2n) is 4.15. The quantitative estimate of drug-likeness (QED) is 0.767. The van der Waals surface area contributed by atoms with Crippen LogP contribution in [0.3, 0.4) is 0 Å². The highest BCUT2D eigenvalue weighted by molar-refractivity contribution is 5.20. The molecule has 3 rings (SSSR count). The van der Waals surface area contributed by atoms with Gasteiger partial charge in [0, 0.05) is 24.8 Å². The van der Waals surface area contributed by atoms with Gasteiger partial charge in [0.25, 0.3) is 0 Å². The highest BCUT2D eigenvalue weighted by Crippen LogP contribution is 2.21. The number of fused-ring (bicyclic) bond motifs is 1. The molecule has 0 amide bonds. The van der Waals surface area contributed by atoms with E-state index in [1.807, 2.05) is 25.3 Å². The summed E-state index contributed by atoms with van der Waals surface area (Å²) in [7, 11) is 0. The van der Waals surface area contributed by atoms with Gasteiger partial charge in [-0.05, 0) is 19.1 Å². The largest absolute Gasteiger partial charge is 0.465 e. The normalized spacial score (nSPS) is 15.3. The van der Waals surface area contributed by atoms with Gasteiger partial charge in [-0.2, -0.15) is 0 Å². The Labute approximate surface area is 93.9 Å². The fraction of sp³-hybridized carbons (Fsp3) is 0.333. The molecule has 0 aromatic carbocycles. The third-order valence-electron chi connectivity index (χ3n) is 2.82. The number of aromatic nitrogens is 2. The lowest BCUT2D eigenvalue weighted by Crippen LogP contribution is -2.15. The van der Waals surface area contributed by atoms with Gasteiger partial charge >= 0.3 is 0 Å². The minimum Gasteiger partial charge on any atom is -0.465 e. The third-order valence-corrected chi connectivity index (χ3v) is 2.82. The van der Waals surface area contributed by atoms with Crippen molar-refractivity contribution in [3.8, 4) is 0 Å². The van der Waals surface area contributed by atoms with Crippen LogP contribution in [0.4, 0.5) is 0 Å². The Morgan fingerprint density at radius 3 is 3.06 bits per heavy atom. The fourth-order valence-electron chi connectivity index (χ4n) is 2.07. The molecule has 0 fully saturated rings. The van der Waals surface area contributed by atoms with Crippen LogP contribution in [0.1, 0.15) is 22.8 Å². The van der Waals surface area contributed by atoms with Crippen LogP contribution in [-0.2, 0) is 19.6 Å². The first-order chi connectivity index (χ1) is 7.81. The molecule has 0 aliphatic carbocycles. The summed E-state index contributed by atoms with van der Waals surface area (Å²) in [4.78, 5) is 10.6. The number of nitrogens with zero attached hydrogens (tertiary/aromatic N) is 3. The maximum Gasteiger partial charge on any atom is 0.118 e. The van der Waals surface area contributed by atoms with Gasteiger partial charge in [-0.3, -0.25) is 4.90 Å². The number of furan rings is 1. The molecule has 0 spiro atoms. The predicted molar refractivity (Wildman–Crippen MR) is 58.4 cm³/mol. The smallest absolute Gasteiger partial charge is 0.118 e. The number of hydrogen-bond acceptors (Lipinski definition) is 4. The number of rotatable bonds is 2. The molecule has 3 heterocycles. The Hall–Kier alpha value is -1.68. The maximum absolute atomic E-state index is 5.57. The van der Waals surface area contributed by atoms with Gasteiger partial charge in [0.1, 0.15) is 17.8 Å². The molecule has 0 unspecified atom stereocenters. The van der Waals surface area contributed by atoms with E-state index in [0.29, 0.717) is 0 Å². The summed E-state index contributed by atoms with van der Waals surface area (Å²) in [6, 6.07) is 4.03. The van der Waals surface area contributed by atoms with Crippen LogP contribution in [0.5, 0.6) is 0 Å². The second kappa shape index (κ2) is 3.72. The molecule has 1 aliphatic heterocycles. The molecule has 1 aliphatic rings. The van der Waals surface area contributed by atoms with Crippen LogP contribution in [0.25, 0.3) is 0 Å². The van der Waals surface area contributed by atoms with Gasteiger partial charge in [0.15, 0.2) is 0 Å². The average Bonchev–Trinajstić information content (AvgIpc) is 2.84. The van der Waals surface area contributed by atoms with E-state index in [9.17, 15) is 0 Å². The average molecular weight is 215 g/mol. The summed E-state index contributed by atoms with van der Waals surface area (Å²) >= 11 is 0. The minimum absolute atomic E-state index is 0.837. The van der Waals surface area contributed by atoms with Crippen LogP contribution < -0.4 is 0 Å². The van der Waals surface area contributed by atoms with Crippen molar-refractivity contribution < 1.29 is 4.42 Å². The van der Waals surface area contributed by atoms with Crippen molar-refractivity contribution in [1.82, 2.24) is 14.9 Å². The first-order valence-electron chi connectivity index (χ1n) is 5.37. The van der Waals surface area contributed by atoms with Crippen molar-refractivity contribution in [3.63, 3.8) is 0 Å². The van der Waals surface area contributed by atoms with Crippen LogP contribution in [0.2, 0.25) is 0 Å². The summed E-state index contributed by atoms with van der Waals surface area (Å²) in [5.41, 5.74) is 2.36. The van der Waals surface area contributed by atoms with Crippen molar-refractivity contribution in [1.29, 1.82) is 0 Å². The van der Waals surface area contributed by atoms with E-state index in [1.165, 1.54) is 5.56 Å². The summed E-state index contributed by atoms with van der Waals surface area (Å²) in [6.07, 6.45) is 3.51. The number of hydrogen-bond donors (Lipinski definition) is 0. The summed E-state index contributed by atoms with van der Waals surface area (Å²) < 4.78 is 5.57. The Bertz CT molecular complexity index is 481. The van der Waals surface area contributed by atoms with Gasteiger partial charge in [0.2, 0.25) is 0 Å². The summed E-state index contributed by atoms with van der Waals surface area (Å²) in [5, 5.41) is 0. The summed E-state index contributed by atoms with van der Waals surface area (Å²) in [5.74, 6) is 1.98. The fourth-order valence-corrected chi connectivity index (χ4v) is 2.07. The lowest BCUT2D eigenvalue weighted by atomic mass is 10.3. The molecule has 0 bridgehead atoms. The van der Waals surface area contributed by atoms with Crippen molar-refractivity contribution in [2.45, 2.75) is 26.6 Å². The zero-order valence-corrected chi connectivity index (χ0v) is 9.18. The van der Waals surface area contributed by atoms with Gasteiger partial charge in [-0.1, -0.05) is 0 Å². The molecule has 2 aromatic rings. The van der Waals surface area contributed by atoms with Crippen LogP contribution in [-0.4, -0.2) is 14.9 Å². The van der Waals surface area contributed by atoms with Crippen molar-refractivity contribution in [3.05, 3.63) is 47.4 Å². The van der Waals surface area contributed by atoms with Crippen LogP contribution >= 0.6 is 0 Å². The van der Waals surface area contributed by atoms with E-state index in [0.717, 1.165) is 36.8 Å². The second-order valence-corrected chi connectivity index (χ2v) is 4.15. The highest BCUT2D eigenvalue weighted by atomic mass is 16.3. The first-order valence-corrected chi connectivity index (χ1v) is 5.37. The molecule has 4 heteroatoms. The van der Waals surface area contributed by atoms with E-state index in [2.05, 4.69) is 14.9 Å². The monoisotopic (exact) mass is 215 g/mol. The van der Waals surface area contributed by atoms with Gasteiger partial charge in [-0.15, -0.1) is 0 Å². The summed E-state index contributed by atoms with van der Waals surface area (Å²) in [6.45, 7) is 4.60. The molecule has 4 nitrogen and oxygen atoms in total. The van der Waals surface area contributed by atoms with Gasteiger partial charge < -0.3 is 4.42 Å². The molecule has 16 heavy (non-hydrogen) atoms. The van der Waals surface area contributed by atoms with Gasteiger partial charge in [-0.25, -0.2) is 9.97 Å². The zero-order valence-electron chi connectivity index (χ0n) is 9.18. The Morgan fingerprint density at radius 2 is 2.31 bits per heavy atom. The lowest BCUT2D eigenvalue weighted by Gasteiger charge is -2.11. The zero-order chi connectivity index (χ0) is 11.0. The molecular weight excluding hydrogens is 202 g/mol. The minimum atomic E-state index is 0.837. The van der Waals surface area contributed by atoms with E-state index in [-0.39, 0.29) is 0 Å². The molecular formula is C12H13N3O. The highest BCUT2D eigenvalue weighted by Gasteiger charge is 2.20. The van der Waals surface area contributed by atoms with E-state index in [4.69, 9.17) is 4.42 Å². The Morgan fingerprint density at radius 1 is 1.38 bits per heavy atom. The number of aryl methyl sites for hydroxylation is 1. The molecule has 82 valence electrons. The molecule has 2 aromatic heterocycles. The molecule has 0 atom stereocenters. The Kier molecular flexibility index (Phi) is 2.22. The third kappa shape index (κ3) is 1.72. The standard InChI is InChI=1S/C12H13N3O/c1-9-2-3-11(16-9)6-15-5-10-4-13-8-14-12(10)7-15/h2-4,8H,5-7H2,1H3. The Balaban J connectivity index is 1.72. The van der Waals surface area contributed by atoms with Crippen LogP contribution in [0, 0.1) is 6.92 Å². The van der Waals surface area contributed by atoms with Crippen molar-refractivity contribution in [2.75, 3.05) is 0 Å².